The maximum absolute atomic E-state index is 13.2. The number of urea groups is 1. The molecule has 9 nitrogen and oxygen atoms in total. The van der Waals surface area contributed by atoms with Crippen LogP contribution in [-0.4, -0.2) is 36.3 Å². The van der Waals surface area contributed by atoms with E-state index in [2.05, 4.69) is 31.6 Å². The number of primary amides is 1. The minimum absolute atomic E-state index is 0.0586. The summed E-state index contributed by atoms with van der Waals surface area (Å²) in [5.74, 6) is -2.57. The topological polar surface area (TPSA) is 137 Å². The van der Waals surface area contributed by atoms with Gasteiger partial charge in [-0.25, -0.2) is 10.2 Å². The maximum Gasteiger partial charge on any atom is 0.330 e. The van der Waals surface area contributed by atoms with Gasteiger partial charge in [0.25, 0.3) is 0 Å². The van der Waals surface area contributed by atoms with Crippen LogP contribution in [0.4, 0.5) is 4.79 Å². The van der Waals surface area contributed by atoms with Crippen LogP contribution in [0.2, 0.25) is 0 Å². The van der Waals surface area contributed by atoms with E-state index in [1.54, 1.807) is 13.8 Å². The van der Waals surface area contributed by atoms with E-state index in [1.165, 1.54) is 13.8 Å². The summed E-state index contributed by atoms with van der Waals surface area (Å²) in [5.41, 5.74) is 9.79. The molecule has 1 fully saturated rings. The van der Waals surface area contributed by atoms with E-state index in [0.717, 1.165) is 19.3 Å². The highest BCUT2D eigenvalue weighted by atomic mass is 16.5. The first-order chi connectivity index (χ1) is 14.9. The lowest BCUT2D eigenvalue weighted by Crippen LogP contribution is -2.44. The van der Waals surface area contributed by atoms with Crippen LogP contribution in [0.3, 0.4) is 0 Å². The highest BCUT2D eigenvalue weighted by Gasteiger charge is 2.40. The Morgan fingerprint density at radius 2 is 1.69 bits per heavy atom. The number of carbonyl (C=O) groups is 4. The number of carbonyl (C=O) groups excluding carboxylic acids is 4. The van der Waals surface area contributed by atoms with Crippen LogP contribution >= 0.6 is 0 Å². The van der Waals surface area contributed by atoms with Gasteiger partial charge in [-0.2, -0.15) is 0 Å². The number of hydrazine groups is 1. The summed E-state index contributed by atoms with van der Waals surface area (Å²) in [4.78, 5) is 49.3. The van der Waals surface area contributed by atoms with E-state index in [9.17, 15) is 19.2 Å². The largest absolute Gasteiger partial charge is 0.478 e. The first-order valence-corrected chi connectivity index (χ1v) is 11.3. The quantitative estimate of drug-likeness (QED) is 0.144. The van der Waals surface area contributed by atoms with Crippen LogP contribution in [0.25, 0.3) is 0 Å². The zero-order chi connectivity index (χ0) is 24.6. The highest BCUT2D eigenvalue weighted by Crippen LogP contribution is 2.36. The number of esters is 1. The Balaban J connectivity index is 3.26. The van der Waals surface area contributed by atoms with Gasteiger partial charge in [0.1, 0.15) is 17.8 Å². The molecule has 0 aromatic rings. The molecular formula is C23H39N3O6. The maximum atomic E-state index is 13.2. The molecule has 182 valence electrons. The van der Waals surface area contributed by atoms with Gasteiger partial charge in [-0.3, -0.25) is 19.8 Å². The number of Topliss-reactive ketones (excluding diaryl/α,β-unsaturated/α-hetero) is 2. The first kappa shape index (κ1) is 27.5. The summed E-state index contributed by atoms with van der Waals surface area (Å²) < 4.78 is 11.4. The predicted octanol–water partition coefficient (Wildman–Crippen LogP) is 2.84. The molecule has 2 amide bonds. The number of ketones is 2. The molecular weight excluding hydrogens is 414 g/mol. The van der Waals surface area contributed by atoms with Crippen molar-refractivity contribution in [1.82, 2.24) is 10.9 Å². The summed E-state index contributed by atoms with van der Waals surface area (Å²) in [6, 6.07) is -0.883. The normalized spacial score (nSPS) is 23.4. The molecule has 9 heteroatoms. The summed E-state index contributed by atoms with van der Waals surface area (Å²) in [7, 11) is 0. The molecule has 5 atom stereocenters. The van der Waals surface area contributed by atoms with Crippen molar-refractivity contribution >= 4 is 23.6 Å². The smallest absolute Gasteiger partial charge is 0.330 e. The second-order valence-corrected chi connectivity index (χ2v) is 9.02. The van der Waals surface area contributed by atoms with Crippen molar-refractivity contribution in [1.29, 1.82) is 0 Å². The minimum atomic E-state index is -1.19. The SMILES string of the molecule is CCO/C(NNC(N)=O)=C(/C(C)=O)[C@H](C)[C@@H](C(C)=O)C(=O)O[C@@H]1C[C@H](C)CC[C@@H]1C(C)C. The molecule has 1 saturated carbocycles. The fourth-order valence-electron chi connectivity index (χ4n) is 4.49. The van der Waals surface area contributed by atoms with E-state index in [-0.39, 0.29) is 30.1 Å². The van der Waals surface area contributed by atoms with Gasteiger partial charge >= 0.3 is 12.0 Å². The molecule has 0 spiro atoms. The Bertz CT molecular complexity index is 733. The fraction of sp³-hybridized carbons (Fsp3) is 0.739. The number of allylic oxidation sites excluding steroid dienone is 1. The molecule has 32 heavy (non-hydrogen) atoms. The third-order valence-electron chi connectivity index (χ3n) is 6.09. The van der Waals surface area contributed by atoms with Crippen molar-refractivity contribution in [2.24, 2.45) is 35.3 Å². The van der Waals surface area contributed by atoms with Gasteiger partial charge < -0.3 is 15.2 Å². The number of nitrogens with one attached hydrogen (secondary N) is 2. The van der Waals surface area contributed by atoms with E-state index in [0.29, 0.717) is 11.8 Å². The molecule has 0 saturated heterocycles. The number of hydrogen-bond donors (Lipinski definition) is 3. The first-order valence-electron chi connectivity index (χ1n) is 11.3. The van der Waals surface area contributed by atoms with Crippen molar-refractivity contribution in [2.75, 3.05) is 6.61 Å². The van der Waals surface area contributed by atoms with Crippen LogP contribution < -0.4 is 16.6 Å². The van der Waals surface area contributed by atoms with E-state index >= 15 is 0 Å². The van der Waals surface area contributed by atoms with Gasteiger partial charge in [0.15, 0.2) is 5.78 Å². The highest BCUT2D eigenvalue weighted by molar-refractivity contribution is 6.02. The Kier molecular flexibility index (Phi) is 10.7. The fourth-order valence-corrected chi connectivity index (χ4v) is 4.49. The van der Waals surface area contributed by atoms with Gasteiger partial charge in [0.2, 0.25) is 5.88 Å². The minimum Gasteiger partial charge on any atom is -0.478 e. The van der Waals surface area contributed by atoms with Gasteiger partial charge in [-0.1, -0.05) is 34.1 Å². The summed E-state index contributed by atoms with van der Waals surface area (Å²) in [6.45, 7) is 12.4. The van der Waals surface area contributed by atoms with Crippen molar-refractivity contribution < 1.29 is 28.7 Å². The van der Waals surface area contributed by atoms with Crippen molar-refractivity contribution in [3.63, 3.8) is 0 Å². The molecule has 1 aliphatic rings. The van der Waals surface area contributed by atoms with Gasteiger partial charge in [0, 0.05) is 5.92 Å². The lowest BCUT2D eigenvalue weighted by atomic mass is 9.75. The van der Waals surface area contributed by atoms with Crippen LogP contribution in [-0.2, 0) is 23.9 Å². The zero-order valence-electron chi connectivity index (χ0n) is 20.3. The molecule has 0 unspecified atom stereocenters. The van der Waals surface area contributed by atoms with Gasteiger partial charge in [0.05, 0.1) is 12.2 Å². The molecule has 0 radical (unpaired) electrons. The standard InChI is InChI=1S/C23H39N3O6/c1-8-31-21(25-26-23(24)30)19(15(6)27)14(5)20(16(7)28)22(29)32-18-11-13(4)9-10-17(18)12(2)3/h12-14,17-18,20,25H,8-11H2,1-7H3,(H3,24,26,30)/b21-19+/t13-,14+,17-,18-,20+/m1/s1. The molecule has 0 aromatic carbocycles. The number of nitrogens with two attached hydrogens (primary N) is 1. The second kappa shape index (κ2) is 12.5. The van der Waals surface area contributed by atoms with E-state index in [4.69, 9.17) is 15.2 Å². The molecule has 0 aromatic heterocycles. The predicted molar refractivity (Wildman–Crippen MR) is 120 cm³/mol. The van der Waals surface area contributed by atoms with E-state index in [1.807, 2.05) is 0 Å². The lowest BCUT2D eigenvalue weighted by molar-refractivity contribution is -0.164. The molecule has 0 aliphatic heterocycles. The van der Waals surface area contributed by atoms with E-state index < -0.39 is 35.4 Å². The summed E-state index contributed by atoms with van der Waals surface area (Å²) in [5, 5.41) is 0. The Morgan fingerprint density at radius 1 is 1.06 bits per heavy atom. The van der Waals surface area contributed by atoms with Crippen molar-refractivity contribution in [2.45, 2.75) is 73.8 Å². The number of hydrogen-bond acceptors (Lipinski definition) is 7. The molecule has 0 bridgehead atoms. The lowest BCUT2D eigenvalue weighted by Gasteiger charge is -2.37. The zero-order valence-corrected chi connectivity index (χ0v) is 20.3. The Labute approximate surface area is 190 Å². The van der Waals surface area contributed by atoms with Crippen LogP contribution in [0.15, 0.2) is 11.5 Å². The average molecular weight is 454 g/mol. The molecule has 1 rings (SSSR count). The number of ether oxygens (including phenoxy) is 2. The van der Waals surface area contributed by atoms with Crippen molar-refractivity contribution in [3.8, 4) is 0 Å². The summed E-state index contributed by atoms with van der Waals surface area (Å²) in [6.07, 6.45) is 2.52. The molecule has 1 aliphatic carbocycles. The van der Waals surface area contributed by atoms with Gasteiger partial charge in [-0.05, 0) is 51.4 Å². The number of rotatable bonds is 11. The Morgan fingerprint density at radius 3 is 2.16 bits per heavy atom. The van der Waals surface area contributed by atoms with Crippen molar-refractivity contribution in [3.05, 3.63) is 11.5 Å². The van der Waals surface area contributed by atoms with Gasteiger partial charge in [-0.15, -0.1) is 0 Å². The number of amides is 2. The molecule has 4 N–H and O–H groups in total. The third kappa shape index (κ3) is 7.53. The van der Waals surface area contributed by atoms with Crippen LogP contribution in [0.1, 0.15) is 67.7 Å². The Hall–Kier alpha value is -2.58. The third-order valence-corrected chi connectivity index (χ3v) is 6.09. The monoisotopic (exact) mass is 453 g/mol. The second-order valence-electron chi connectivity index (χ2n) is 9.02. The average Bonchev–Trinajstić information content (AvgIpc) is 2.65. The molecule has 0 heterocycles. The van der Waals surface area contributed by atoms with Crippen LogP contribution in [0.5, 0.6) is 0 Å². The summed E-state index contributed by atoms with van der Waals surface area (Å²) >= 11 is 0. The van der Waals surface area contributed by atoms with Crippen LogP contribution in [0, 0.1) is 29.6 Å².